The van der Waals surface area contributed by atoms with E-state index < -0.39 is 57.7 Å². The number of halogens is 2. The molecule has 0 bridgehead atoms. The number of aromatic nitrogens is 2. The van der Waals surface area contributed by atoms with Gasteiger partial charge in [0.1, 0.15) is 5.69 Å². The van der Waals surface area contributed by atoms with E-state index in [1.54, 1.807) is 33.8 Å². The van der Waals surface area contributed by atoms with Crippen LogP contribution in [0.25, 0.3) is 0 Å². The van der Waals surface area contributed by atoms with Crippen molar-refractivity contribution in [3.8, 4) is 0 Å². The summed E-state index contributed by atoms with van der Waals surface area (Å²) in [4.78, 5) is 49.3. The van der Waals surface area contributed by atoms with E-state index in [1.807, 2.05) is 0 Å². The predicted octanol–water partition coefficient (Wildman–Crippen LogP) is 5.34. The van der Waals surface area contributed by atoms with Gasteiger partial charge in [-0.15, -0.1) is 0 Å². The number of aromatic amines is 1. The van der Waals surface area contributed by atoms with E-state index in [-0.39, 0.29) is 46.1 Å². The number of piperidine rings is 1. The van der Waals surface area contributed by atoms with Crippen molar-refractivity contribution in [1.82, 2.24) is 20.2 Å². The summed E-state index contributed by atoms with van der Waals surface area (Å²) >= 11 is 12.2. The summed E-state index contributed by atoms with van der Waals surface area (Å²) in [6, 6.07) is 4.22. The first kappa shape index (κ1) is 36.1. The molecule has 0 radical (unpaired) electrons. The van der Waals surface area contributed by atoms with Gasteiger partial charge in [0.05, 0.1) is 39.7 Å². The maximum Gasteiger partial charge on any atom is 0.510 e. The van der Waals surface area contributed by atoms with Crippen LogP contribution in [0.5, 0.6) is 0 Å². The van der Waals surface area contributed by atoms with Crippen molar-refractivity contribution < 1.29 is 51.7 Å². The average Bonchev–Trinajstić information content (AvgIpc) is 3.40. The van der Waals surface area contributed by atoms with Crippen molar-refractivity contribution in [2.75, 3.05) is 32.0 Å². The minimum Gasteiger partial charge on any atom is -0.432 e. The van der Waals surface area contributed by atoms with Crippen molar-refractivity contribution in [3.63, 3.8) is 0 Å². The van der Waals surface area contributed by atoms with E-state index in [2.05, 4.69) is 20.8 Å². The number of hydrogen-bond donors (Lipinski definition) is 3. The first-order valence-corrected chi connectivity index (χ1v) is 15.9. The molecule has 0 aliphatic carbocycles. The fraction of sp³-hybridized carbons (Fsp3) is 0.500. The SMILES string of the molecule is CC(C)OC(=O)OCOP(=O)(OCOC(=O)OC(C)C)N1CCC(NC(=O)c2[nH]ncc2NC(=O)c2c(Cl)cccc2Cl)CC1. The number of H-pyrrole nitrogens is 1. The molecule has 2 heterocycles. The van der Waals surface area contributed by atoms with Gasteiger partial charge in [-0.05, 0) is 52.7 Å². The molecule has 1 aromatic heterocycles. The number of carbonyl (C=O) groups is 4. The number of ether oxygens (including phenoxy) is 4. The molecule has 3 rings (SSSR count). The zero-order chi connectivity index (χ0) is 33.1. The Labute approximate surface area is 268 Å². The fourth-order valence-electron chi connectivity index (χ4n) is 3.90. The number of benzene rings is 1. The highest BCUT2D eigenvalue weighted by Gasteiger charge is 2.38. The van der Waals surface area contributed by atoms with E-state index in [9.17, 15) is 23.7 Å². The Bertz CT molecular complexity index is 1350. The minimum absolute atomic E-state index is 0.0119. The monoisotopic (exact) mass is 693 g/mol. The molecule has 1 saturated heterocycles. The molecule has 0 unspecified atom stereocenters. The van der Waals surface area contributed by atoms with Gasteiger partial charge in [0.2, 0.25) is 13.6 Å². The number of nitrogens with zero attached hydrogens (tertiary/aromatic N) is 2. The number of carbonyl (C=O) groups excluding carboxylic acids is 4. The molecule has 2 aromatic rings. The van der Waals surface area contributed by atoms with E-state index in [0.29, 0.717) is 12.8 Å². The van der Waals surface area contributed by atoms with E-state index in [0.717, 1.165) is 0 Å². The van der Waals surface area contributed by atoms with Crippen LogP contribution in [0.3, 0.4) is 0 Å². The molecule has 1 fully saturated rings. The Morgan fingerprint density at radius 2 is 1.49 bits per heavy atom. The summed E-state index contributed by atoms with van der Waals surface area (Å²) in [7, 11) is -4.18. The number of hydrogen-bond acceptors (Lipinski definition) is 12. The highest BCUT2D eigenvalue weighted by Crippen LogP contribution is 2.53. The van der Waals surface area contributed by atoms with Crippen LogP contribution in [0.1, 0.15) is 61.4 Å². The summed E-state index contributed by atoms with van der Waals surface area (Å²) in [6.45, 7) is 5.13. The fourth-order valence-corrected chi connectivity index (χ4v) is 5.96. The molecular formula is C26H34Cl2N5O11P. The van der Waals surface area contributed by atoms with Crippen molar-refractivity contribution >= 4 is 60.8 Å². The van der Waals surface area contributed by atoms with Gasteiger partial charge in [-0.25, -0.2) is 18.8 Å². The molecule has 1 aliphatic heterocycles. The molecule has 0 spiro atoms. The molecule has 2 amide bonds. The third kappa shape index (κ3) is 10.9. The maximum atomic E-state index is 13.7. The quantitative estimate of drug-likeness (QED) is 0.138. The molecule has 45 heavy (non-hydrogen) atoms. The van der Waals surface area contributed by atoms with Crippen LogP contribution in [-0.4, -0.2) is 83.9 Å². The van der Waals surface area contributed by atoms with Gasteiger partial charge in [-0.2, -0.15) is 5.10 Å². The van der Waals surface area contributed by atoms with Crippen LogP contribution in [-0.2, 0) is 32.6 Å². The van der Waals surface area contributed by atoms with Crippen molar-refractivity contribution in [3.05, 3.63) is 45.7 Å². The lowest BCUT2D eigenvalue weighted by molar-refractivity contribution is -0.0384. The lowest BCUT2D eigenvalue weighted by atomic mass is 10.1. The molecule has 3 N–H and O–H groups in total. The lowest BCUT2D eigenvalue weighted by Crippen LogP contribution is -2.44. The Morgan fingerprint density at radius 1 is 0.956 bits per heavy atom. The van der Waals surface area contributed by atoms with Gasteiger partial charge >= 0.3 is 20.1 Å². The van der Waals surface area contributed by atoms with Crippen LogP contribution >= 0.6 is 30.9 Å². The molecule has 0 saturated carbocycles. The second-order valence-corrected chi connectivity index (χ2v) is 12.8. The summed E-state index contributed by atoms with van der Waals surface area (Å²) in [5.41, 5.74) is 0.130. The van der Waals surface area contributed by atoms with Gasteiger partial charge in [0.25, 0.3) is 11.8 Å². The van der Waals surface area contributed by atoms with Crippen LogP contribution in [0.2, 0.25) is 10.0 Å². The summed E-state index contributed by atoms with van der Waals surface area (Å²) in [5.74, 6) is -1.19. The summed E-state index contributed by atoms with van der Waals surface area (Å²) < 4.78 is 44.9. The molecule has 19 heteroatoms. The number of anilines is 1. The molecule has 1 aliphatic rings. The zero-order valence-corrected chi connectivity index (χ0v) is 27.3. The molecule has 16 nitrogen and oxygen atoms in total. The van der Waals surface area contributed by atoms with Crippen LogP contribution < -0.4 is 10.6 Å². The van der Waals surface area contributed by atoms with E-state index in [4.69, 9.17) is 51.2 Å². The lowest BCUT2D eigenvalue weighted by Gasteiger charge is -2.35. The smallest absolute Gasteiger partial charge is 0.432 e. The largest absolute Gasteiger partial charge is 0.510 e. The van der Waals surface area contributed by atoms with Gasteiger partial charge < -0.3 is 29.6 Å². The van der Waals surface area contributed by atoms with E-state index in [1.165, 1.54) is 23.0 Å². The van der Waals surface area contributed by atoms with E-state index >= 15 is 0 Å². The average molecular weight is 694 g/mol. The minimum atomic E-state index is -4.18. The first-order chi connectivity index (χ1) is 21.3. The zero-order valence-electron chi connectivity index (χ0n) is 24.9. The summed E-state index contributed by atoms with van der Waals surface area (Å²) in [5, 5.41) is 12.1. The molecular weight excluding hydrogens is 660 g/mol. The Hall–Kier alpha value is -3.40. The van der Waals surface area contributed by atoms with Gasteiger partial charge in [-0.1, -0.05) is 29.3 Å². The third-order valence-electron chi connectivity index (χ3n) is 5.91. The van der Waals surface area contributed by atoms with Crippen LogP contribution in [0.4, 0.5) is 15.3 Å². The highest BCUT2D eigenvalue weighted by atomic mass is 35.5. The van der Waals surface area contributed by atoms with Crippen molar-refractivity contribution in [2.24, 2.45) is 0 Å². The van der Waals surface area contributed by atoms with Gasteiger partial charge in [-0.3, -0.25) is 23.7 Å². The van der Waals surface area contributed by atoms with Gasteiger partial charge in [0, 0.05) is 19.1 Å². The molecule has 248 valence electrons. The van der Waals surface area contributed by atoms with Crippen LogP contribution in [0.15, 0.2) is 24.4 Å². The first-order valence-electron chi connectivity index (χ1n) is 13.7. The summed E-state index contributed by atoms with van der Waals surface area (Å²) in [6.07, 6.45) is -1.14. The maximum absolute atomic E-state index is 13.7. The Balaban J connectivity index is 1.59. The normalized spacial score (nSPS) is 14.2. The Kier molecular flexibility index (Phi) is 13.4. The third-order valence-corrected chi connectivity index (χ3v) is 8.49. The second-order valence-electron chi connectivity index (χ2n) is 10.00. The predicted molar refractivity (Wildman–Crippen MR) is 160 cm³/mol. The topological polar surface area (TPSA) is 197 Å². The second kappa shape index (κ2) is 16.8. The number of nitrogens with one attached hydrogen (secondary N) is 3. The van der Waals surface area contributed by atoms with Crippen molar-refractivity contribution in [2.45, 2.75) is 58.8 Å². The highest BCUT2D eigenvalue weighted by molar-refractivity contribution is 7.51. The Morgan fingerprint density at radius 3 is 2.00 bits per heavy atom. The van der Waals surface area contributed by atoms with Gasteiger partial charge in [0.15, 0.2) is 0 Å². The molecule has 1 aromatic carbocycles. The van der Waals surface area contributed by atoms with Crippen LogP contribution in [0, 0.1) is 0 Å². The number of rotatable bonds is 13. The van der Waals surface area contributed by atoms with Crippen molar-refractivity contribution in [1.29, 1.82) is 0 Å². The number of amides is 2. The molecule has 0 atom stereocenters. The standard InChI is InChI=1S/C26H34Cl2N5O11P/c1-15(2)43-25(36)39-13-41-45(38,42-14-40-26(37)44-16(3)4)33-10-8-17(9-11-33)30-24(35)22-20(12-29-32-22)31-23(34)21-18(27)6-5-7-19(21)28/h5-7,12,15-17H,8-11,13-14H2,1-4H3,(H,29,32)(H,30,35)(H,31,34).